The van der Waals surface area contributed by atoms with Gasteiger partial charge in [0.05, 0.1) is 0 Å². The van der Waals surface area contributed by atoms with E-state index in [-0.39, 0.29) is 5.78 Å². The van der Waals surface area contributed by atoms with Crippen LogP contribution in [0.5, 0.6) is 5.75 Å². The first-order chi connectivity index (χ1) is 7.13. The molecule has 0 spiro atoms. The van der Waals surface area contributed by atoms with E-state index in [1.54, 1.807) is 12.1 Å². The van der Waals surface area contributed by atoms with E-state index in [2.05, 4.69) is 6.58 Å². The van der Waals surface area contributed by atoms with Gasteiger partial charge in [-0.25, -0.2) is 0 Å². The van der Waals surface area contributed by atoms with Crippen molar-refractivity contribution in [1.82, 2.24) is 0 Å². The molecule has 0 atom stereocenters. The van der Waals surface area contributed by atoms with Crippen molar-refractivity contribution in [1.29, 1.82) is 0 Å². The summed E-state index contributed by atoms with van der Waals surface area (Å²) in [6.07, 6.45) is 0.534. The van der Waals surface area contributed by atoms with Crippen LogP contribution in [0.3, 0.4) is 0 Å². The van der Waals surface area contributed by atoms with Crippen LogP contribution in [0.1, 0.15) is 30.6 Å². The van der Waals surface area contributed by atoms with Crippen LogP contribution in [-0.4, -0.2) is 12.4 Å². The molecule has 0 aliphatic heterocycles. The SMILES string of the molecule is C=C(C)COc1ccc(C(=O)CC)cc1. The van der Waals surface area contributed by atoms with Gasteiger partial charge >= 0.3 is 0 Å². The molecule has 0 saturated carbocycles. The maximum absolute atomic E-state index is 11.3. The van der Waals surface area contributed by atoms with Gasteiger partial charge in [-0.1, -0.05) is 13.5 Å². The summed E-state index contributed by atoms with van der Waals surface area (Å²) >= 11 is 0. The molecule has 80 valence electrons. The molecule has 15 heavy (non-hydrogen) atoms. The largest absolute Gasteiger partial charge is 0.489 e. The Kier molecular flexibility index (Phi) is 4.10. The van der Waals surface area contributed by atoms with Gasteiger partial charge in [-0.2, -0.15) is 0 Å². The number of benzene rings is 1. The first kappa shape index (κ1) is 11.5. The Morgan fingerprint density at radius 1 is 1.33 bits per heavy atom. The minimum Gasteiger partial charge on any atom is -0.489 e. The lowest BCUT2D eigenvalue weighted by molar-refractivity contribution is 0.0988. The predicted octanol–water partition coefficient (Wildman–Crippen LogP) is 3.23. The molecule has 0 fully saturated rings. The van der Waals surface area contributed by atoms with E-state index in [1.165, 1.54) is 0 Å². The van der Waals surface area contributed by atoms with E-state index in [4.69, 9.17) is 4.74 Å². The van der Waals surface area contributed by atoms with Crippen LogP contribution in [0.4, 0.5) is 0 Å². The maximum Gasteiger partial charge on any atom is 0.162 e. The van der Waals surface area contributed by atoms with Crippen LogP contribution in [0.2, 0.25) is 0 Å². The Bertz CT molecular complexity index is 349. The van der Waals surface area contributed by atoms with Gasteiger partial charge in [0, 0.05) is 12.0 Å². The first-order valence-corrected chi connectivity index (χ1v) is 5.04. The minimum atomic E-state index is 0.154. The summed E-state index contributed by atoms with van der Waals surface area (Å²) in [4.78, 5) is 11.3. The molecule has 0 aromatic heterocycles. The Labute approximate surface area is 90.6 Å². The zero-order valence-electron chi connectivity index (χ0n) is 9.25. The second-order valence-corrected chi connectivity index (χ2v) is 3.55. The van der Waals surface area contributed by atoms with Crippen molar-refractivity contribution in [3.8, 4) is 5.75 Å². The van der Waals surface area contributed by atoms with Crippen LogP contribution < -0.4 is 4.74 Å². The van der Waals surface area contributed by atoms with Crippen LogP contribution in [0.15, 0.2) is 36.4 Å². The lowest BCUT2D eigenvalue weighted by Crippen LogP contribution is -1.99. The average Bonchev–Trinajstić information content (AvgIpc) is 2.26. The fraction of sp³-hybridized carbons (Fsp3) is 0.308. The third kappa shape index (κ3) is 3.58. The van der Waals surface area contributed by atoms with Gasteiger partial charge in [-0.3, -0.25) is 4.79 Å². The predicted molar refractivity (Wildman–Crippen MR) is 61.4 cm³/mol. The molecule has 0 unspecified atom stereocenters. The third-order valence-corrected chi connectivity index (χ3v) is 1.98. The Morgan fingerprint density at radius 3 is 2.40 bits per heavy atom. The summed E-state index contributed by atoms with van der Waals surface area (Å²) in [5.41, 5.74) is 1.71. The zero-order valence-corrected chi connectivity index (χ0v) is 9.25. The molecule has 0 saturated heterocycles. The van der Waals surface area contributed by atoms with Crippen molar-refractivity contribution >= 4 is 5.78 Å². The summed E-state index contributed by atoms with van der Waals surface area (Å²) in [7, 11) is 0. The molecule has 2 heteroatoms. The van der Waals surface area contributed by atoms with Crippen LogP contribution in [0.25, 0.3) is 0 Å². The number of ketones is 1. The van der Waals surface area contributed by atoms with Gasteiger partial charge in [-0.05, 0) is 36.8 Å². The molecule has 1 aromatic carbocycles. The van der Waals surface area contributed by atoms with E-state index in [9.17, 15) is 4.79 Å². The highest BCUT2D eigenvalue weighted by molar-refractivity contribution is 5.95. The topological polar surface area (TPSA) is 26.3 Å². The van der Waals surface area contributed by atoms with Crippen molar-refractivity contribution in [2.24, 2.45) is 0 Å². The van der Waals surface area contributed by atoms with Crippen molar-refractivity contribution in [3.63, 3.8) is 0 Å². The molecular weight excluding hydrogens is 188 g/mol. The number of hydrogen-bond acceptors (Lipinski definition) is 2. The van der Waals surface area contributed by atoms with Crippen LogP contribution in [0, 0.1) is 0 Å². The van der Waals surface area contributed by atoms with Crippen LogP contribution >= 0.6 is 0 Å². The molecule has 2 nitrogen and oxygen atoms in total. The molecule has 1 rings (SSSR count). The lowest BCUT2D eigenvalue weighted by atomic mass is 10.1. The zero-order chi connectivity index (χ0) is 11.3. The Balaban J connectivity index is 2.64. The van der Waals surface area contributed by atoms with E-state index >= 15 is 0 Å². The summed E-state index contributed by atoms with van der Waals surface area (Å²) < 4.78 is 5.42. The number of carbonyl (C=O) groups excluding carboxylic acids is 1. The summed E-state index contributed by atoms with van der Waals surface area (Å²) in [5, 5.41) is 0. The molecular formula is C13H16O2. The Hall–Kier alpha value is -1.57. The van der Waals surface area contributed by atoms with Gasteiger partial charge in [0.25, 0.3) is 0 Å². The smallest absolute Gasteiger partial charge is 0.162 e. The summed E-state index contributed by atoms with van der Waals surface area (Å²) in [6.45, 7) is 8.03. The summed E-state index contributed by atoms with van der Waals surface area (Å²) in [6, 6.07) is 7.21. The normalized spacial score (nSPS) is 9.73. The van der Waals surface area contributed by atoms with Crippen molar-refractivity contribution in [3.05, 3.63) is 42.0 Å². The number of carbonyl (C=O) groups is 1. The van der Waals surface area contributed by atoms with Crippen molar-refractivity contribution < 1.29 is 9.53 Å². The van der Waals surface area contributed by atoms with Crippen LogP contribution in [-0.2, 0) is 0 Å². The van der Waals surface area contributed by atoms with Gasteiger partial charge in [0.1, 0.15) is 12.4 Å². The van der Waals surface area contributed by atoms with E-state index < -0.39 is 0 Å². The molecule has 0 aliphatic rings. The van der Waals surface area contributed by atoms with Gasteiger partial charge in [0.15, 0.2) is 5.78 Å². The van der Waals surface area contributed by atoms with Gasteiger partial charge in [-0.15, -0.1) is 0 Å². The highest BCUT2D eigenvalue weighted by Crippen LogP contribution is 2.13. The molecule has 0 aliphatic carbocycles. The second kappa shape index (κ2) is 5.35. The maximum atomic E-state index is 11.3. The number of hydrogen-bond donors (Lipinski definition) is 0. The van der Waals surface area contributed by atoms with E-state index in [0.29, 0.717) is 13.0 Å². The van der Waals surface area contributed by atoms with Gasteiger partial charge < -0.3 is 4.74 Å². The molecule has 0 bridgehead atoms. The quantitative estimate of drug-likeness (QED) is 0.543. The molecule has 1 aromatic rings. The highest BCUT2D eigenvalue weighted by atomic mass is 16.5. The Morgan fingerprint density at radius 2 is 1.93 bits per heavy atom. The van der Waals surface area contributed by atoms with E-state index in [0.717, 1.165) is 16.9 Å². The van der Waals surface area contributed by atoms with Gasteiger partial charge in [0.2, 0.25) is 0 Å². The first-order valence-electron chi connectivity index (χ1n) is 5.04. The minimum absolute atomic E-state index is 0.154. The second-order valence-electron chi connectivity index (χ2n) is 3.55. The fourth-order valence-electron chi connectivity index (χ4n) is 1.15. The standard InChI is InChI=1S/C13H16O2/c1-4-13(14)11-5-7-12(8-6-11)15-9-10(2)3/h5-8H,2,4,9H2,1,3H3. The third-order valence-electron chi connectivity index (χ3n) is 1.98. The van der Waals surface area contributed by atoms with E-state index in [1.807, 2.05) is 26.0 Å². The molecule has 0 heterocycles. The molecule has 0 N–H and O–H groups in total. The monoisotopic (exact) mass is 204 g/mol. The lowest BCUT2D eigenvalue weighted by Gasteiger charge is -2.05. The number of Topliss-reactive ketones (excluding diaryl/α,β-unsaturated/α-hetero) is 1. The molecule has 0 amide bonds. The molecule has 0 radical (unpaired) electrons. The summed E-state index contributed by atoms with van der Waals surface area (Å²) in [5.74, 6) is 0.923. The van der Waals surface area contributed by atoms with Crippen molar-refractivity contribution in [2.45, 2.75) is 20.3 Å². The fourth-order valence-corrected chi connectivity index (χ4v) is 1.15. The highest BCUT2D eigenvalue weighted by Gasteiger charge is 2.02. The number of rotatable bonds is 5. The average molecular weight is 204 g/mol. The number of ether oxygens (including phenoxy) is 1. The van der Waals surface area contributed by atoms with Crippen molar-refractivity contribution in [2.75, 3.05) is 6.61 Å².